The Balaban J connectivity index is 1.57. The monoisotopic (exact) mass is 318 g/mol. The molecule has 0 atom stereocenters. The van der Waals surface area contributed by atoms with E-state index in [1.54, 1.807) is 16.2 Å². The lowest BCUT2D eigenvalue weighted by molar-refractivity contribution is -0.127. The molecular weight excluding hydrogens is 304 g/mol. The van der Waals surface area contributed by atoms with Crippen LogP contribution in [0.15, 0.2) is 51.4 Å². The zero-order chi connectivity index (χ0) is 14.7. The molecule has 2 aromatic heterocycles. The smallest absolute Gasteiger partial charge is 0.257 e. The summed E-state index contributed by atoms with van der Waals surface area (Å²) in [7, 11) is 1.81. The Kier molecular flexibility index (Phi) is 4.26. The first-order valence-corrected chi connectivity index (χ1v) is 8.33. The number of rotatable bonds is 5. The first kappa shape index (κ1) is 14.2. The largest absolute Gasteiger partial charge is 0.431 e. The highest BCUT2D eigenvalue weighted by atomic mass is 32.2. The molecule has 0 unspecified atom stereocenters. The lowest BCUT2D eigenvalue weighted by Gasteiger charge is -2.15. The van der Waals surface area contributed by atoms with Crippen LogP contribution in [0, 0.1) is 0 Å². The van der Waals surface area contributed by atoms with Crippen LogP contribution < -0.4 is 0 Å². The van der Waals surface area contributed by atoms with E-state index in [-0.39, 0.29) is 5.91 Å². The summed E-state index contributed by atoms with van der Waals surface area (Å²) in [4.78, 5) is 19.3. The third-order valence-electron chi connectivity index (χ3n) is 2.99. The number of benzene rings is 1. The van der Waals surface area contributed by atoms with Crippen LogP contribution in [-0.2, 0) is 11.3 Å². The zero-order valence-electron chi connectivity index (χ0n) is 11.5. The number of thiophene rings is 1. The van der Waals surface area contributed by atoms with Gasteiger partial charge in [0.25, 0.3) is 5.22 Å². The Labute approximate surface area is 130 Å². The molecule has 2 heterocycles. The van der Waals surface area contributed by atoms with E-state index in [9.17, 15) is 4.79 Å². The van der Waals surface area contributed by atoms with Crippen molar-refractivity contribution in [3.05, 3.63) is 46.7 Å². The van der Waals surface area contributed by atoms with Gasteiger partial charge in [0.05, 0.1) is 12.3 Å². The van der Waals surface area contributed by atoms with E-state index in [1.165, 1.54) is 16.6 Å². The molecular formula is C15H14N2O2S2. The molecule has 4 nitrogen and oxygen atoms in total. The molecule has 6 heteroatoms. The summed E-state index contributed by atoms with van der Waals surface area (Å²) in [5.74, 6) is 0.393. The number of fused-ring (bicyclic) bond motifs is 1. The maximum Gasteiger partial charge on any atom is 0.257 e. The number of thioether (sulfide) groups is 1. The molecule has 0 spiro atoms. The lowest BCUT2D eigenvalue weighted by atomic mass is 10.3. The third-order valence-corrected chi connectivity index (χ3v) is 4.67. The molecule has 0 aliphatic carbocycles. The second-order valence-corrected chi connectivity index (χ2v) is 6.52. The highest BCUT2D eigenvalue weighted by molar-refractivity contribution is 7.99. The van der Waals surface area contributed by atoms with E-state index in [0.717, 1.165) is 11.1 Å². The molecule has 0 aliphatic rings. The molecule has 108 valence electrons. The van der Waals surface area contributed by atoms with Crippen molar-refractivity contribution in [3.63, 3.8) is 0 Å². The van der Waals surface area contributed by atoms with Crippen LogP contribution in [0.4, 0.5) is 0 Å². The van der Waals surface area contributed by atoms with Crippen molar-refractivity contribution in [2.75, 3.05) is 12.8 Å². The van der Waals surface area contributed by atoms with Gasteiger partial charge in [-0.1, -0.05) is 30.0 Å². The van der Waals surface area contributed by atoms with Crippen molar-refractivity contribution in [2.45, 2.75) is 11.8 Å². The Morgan fingerprint density at radius 1 is 1.33 bits per heavy atom. The summed E-state index contributed by atoms with van der Waals surface area (Å²) in [6.45, 7) is 0.643. The zero-order valence-corrected chi connectivity index (χ0v) is 13.1. The average molecular weight is 318 g/mol. The van der Waals surface area contributed by atoms with Gasteiger partial charge in [-0.3, -0.25) is 4.79 Å². The number of hydrogen-bond acceptors (Lipinski definition) is 5. The van der Waals surface area contributed by atoms with Crippen LogP contribution in [0.1, 0.15) is 4.88 Å². The fraction of sp³-hybridized carbons (Fsp3) is 0.200. The number of nitrogens with zero attached hydrogens (tertiary/aromatic N) is 2. The van der Waals surface area contributed by atoms with Crippen molar-refractivity contribution in [1.29, 1.82) is 0 Å². The summed E-state index contributed by atoms with van der Waals surface area (Å²) in [5, 5.41) is 2.55. The van der Waals surface area contributed by atoms with Crippen molar-refractivity contribution in [1.82, 2.24) is 9.88 Å². The quantitative estimate of drug-likeness (QED) is 0.674. The molecule has 0 N–H and O–H groups in total. The number of oxazole rings is 1. The molecule has 3 rings (SSSR count). The van der Waals surface area contributed by atoms with Gasteiger partial charge in [-0.05, 0) is 23.6 Å². The normalized spacial score (nSPS) is 10.9. The van der Waals surface area contributed by atoms with Crippen LogP contribution in [-0.4, -0.2) is 28.6 Å². The average Bonchev–Trinajstić information content (AvgIpc) is 3.13. The summed E-state index contributed by atoms with van der Waals surface area (Å²) in [5.41, 5.74) is 1.57. The van der Waals surface area contributed by atoms with Gasteiger partial charge in [0.2, 0.25) is 5.91 Å². The number of aromatic nitrogens is 1. The topological polar surface area (TPSA) is 46.3 Å². The predicted molar refractivity (Wildman–Crippen MR) is 85.5 cm³/mol. The third kappa shape index (κ3) is 3.46. The van der Waals surface area contributed by atoms with Gasteiger partial charge >= 0.3 is 0 Å². The molecule has 1 aromatic carbocycles. The molecule has 1 amide bonds. The first-order valence-electron chi connectivity index (χ1n) is 6.47. The fourth-order valence-corrected chi connectivity index (χ4v) is 3.41. The highest BCUT2D eigenvalue weighted by Crippen LogP contribution is 2.23. The first-order chi connectivity index (χ1) is 10.2. The molecule has 0 radical (unpaired) electrons. The highest BCUT2D eigenvalue weighted by Gasteiger charge is 2.13. The molecule has 21 heavy (non-hydrogen) atoms. The van der Waals surface area contributed by atoms with Crippen LogP contribution in [0.5, 0.6) is 0 Å². The number of para-hydroxylation sites is 2. The Bertz CT molecular complexity index is 704. The van der Waals surface area contributed by atoms with Crippen LogP contribution >= 0.6 is 23.1 Å². The summed E-state index contributed by atoms with van der Waals surface area (Å²) < 4.78 is 5.59. The minimum Gasteiger partial charge on any atom is -0.431 e. The van der Waals surface area contributed by atoms with Gasteiger partial charge < -0.3 is 9.32 Å². The van der Waals surface area contributed by atoms with E-state index in [1.807, 2.05) is 48.8 Å². The van der Waals surface area contributed by atoms with E-state index >= 15 is 0 Å². The van der Waals surface area contributed by atoms with Crippen molar-refractivity contribution >= 4 is 40.1 Å². The fourth-order valence-electron chi connectivity index (χ4n) is 1.87. The summed E-state index contributed by atoms with van der Waals surface area (Å²) in [6, 6.07) is 11.6. The van der Waals surface area contributed by atoms with E-state index in [4.69, 9.17) is 4.42 Å². The number of hydrogen-bond donors (Lipinski definition) is 0. The Morgan fingerprint density at radius 3 is 2.95 bits per heavy atom. The van der Waals surface area contributed by atoms with Gasteiger partial charge in [0, 0.05) is 11.9 Å². The minimum atomic E-state index is 0.0654. The van der Waals surface area contributed by atoms with Gasteiger partial charge in [0.1, 0.15) is 5.52 Å². The molecule has 0 saturated heterocycles. The van der Waals surface area contributed by atoms with Gasteiger partial charge in [0.15, 0.2) is 5.58 Å². The SMILES string of the molecule is CN(Cc1cccs1)C(=O)CSc1nc2ccccc2o1. The number of carbonyl (C=O) groups is 1. The minimum absolute atomic E-state index is 0.0654. The van der Waals surface area contributed by atoms with Gasteiger partial charge in [-0.2, -0.15) is 0 Å². The van der Waals surface area contributed by atoms with Crippen molar-refractivity contribution < 1.29 is 9.21 Å². The molecule has 3 aromatic rings. The summed E-state index contributed by atoms with van der Waals surface area (Å²) in [6.07, 6.45) is 0. The Morgan fingerprint density at radius 2 is 2.19 bits per heavy atom. The van der Waals surface area contributed by atoms with E-state index in [0.29, 0.717) is 17.5 Å². The van der Waals surface area contributed by atoms with Crippen LogP contribution in [0.2, 0.25) is 0 Å². The van der Waals surface area contributed by atoms with Crippen LogP contribution in [0.3, 0.4) is 0 Å². The van der Waals surface area contributed by atoms with E-state index in [2.05, 4.69) is 4.98 Å². The molecule has 0 bridgehead atoms. The van der Waals surface area contributed by atoms with Crippen LogP contribution in [0.25, 0.3) is 11.1 Å². The van der Waals surface area contributed by atoms with Gasteiger partial charge in [-0.25, -0.2) is 4.98 Å². The lowest BCUT2D eigenvalue weighted by Crippen LogP contribution is -2.27. The summed E-state index contributed by atoms with van der Waals surface area (Å²) >= 11 is 2.98. The second kappa shape index (κ2) is 6.32. The van der Waals surface area contributed by atoms with Gasteiger partial charge in [-0.15, -0.1) is 11.3 Å². The number of amides is 1. The van der Waals surface area contributed by atoms with Crippen molar-refractivity contribution in [2.24, 2.45) is 0 Å². The van der Waals surface area contributed by atoms with E-state index < -0.39 is 0 Å². The number of carbonyl (C=O) groups excluding carboxylic acids is 1. The molecule has 0 saturated carbocycles. The maximum absolute atomic E-state index is 12.1. The molecule has 0 aliphatic heterocycles. The Hall–Kier alpha value is -1.79. The molecule has 0 fully saturated rings. The predicted octanol–water partition coefficient (Wildman–Crippen LogP) is 3.64. The second-order valence-electron chi connectivity index (χ2n) is 4.57. The van der Waals surface area contributed by atoms with Crippen molar-refractivity contribution in [3.8, 4) is 0 Å². The standard InChI is InChI=1S/C15H14N2O2S2/c1-17(9-11-5-4-8-20-11)14(18)10-21-15-16-12-6-2-3-7-13(12)19-15/h2-8H,9-10H2,1H3. The maximum atomic E-state index is 12.1.